The minimum atomic E-state index is -0.151. The van der Waals surface area contributed by atoms with Crippen LogP contribution in [0.1, 0.15) is 27.2 Å². The van der Waals surface area contributed by atoms with E-state index >= 15 is 0 Å². The zero-order valence-electron chi connectivity index (χ0n) is 9.86. The fourth-order valence-corrected chi connectivity index (χ4v) is 1.33. The highest BCUT2D eigenvalue weighted by atomic mass is 16.2. The van der Waals surface area contributed by atoms with Crippen molar-refractivity contribution in [3.63, 3.8) is 0 Å². The molecule has 86 valence electrons. The van der Waals surface area contributed by atoms with Gasteiger partial charge in [-0.05, 0) is 5.92 Å². The molecule has 0 aliphatic heterocycles. The molecule has 0 heterocycles. The number of nitrogens with two attached hydrogens (primary N) is 1. The predicted octanol–water partition coefficient (Wildman–Crippen LogP) is 0.979. The van der Waals surface area contributed by atoms with E-state index in [0.29, 0.717) is 32.0 Å². The van der Waals surface area contributed by atoms with Gasteiger partial charge in [0.1, 0.15) is 0 Å². The number of nitrogens with zero attached hydrogens (tertiary/aromatic N) is 2. The van der Waals surface area contributed by atoms with E-state index in [2.05, 4.69) is 19.9 Å². The Morgan fingerprint density at radius 2 is 2.07 bits per heavy atom. The summed E-state index contributed by atoms with van der Waals surface area (Å²) in [6.45, 7) is 7.50. The van der Waals surface area contributed by atoms with Crippen LogP contribution in [-0.4, -0.2) is 30.4 Å². The van der Waals surface area contributed by atoms with Crippen molar-refractivity contribution in [3.8, 4) is 6.07 Å². The predicted molar refractivity (Wildman–Crippen MR) is 59.9 cm³/mol. The SMILES string of the molecule is CC(C)CN(CCC#N)C(=O)C(C)CN. The van der Waals surface area contributed by atoms with Crippen molar-refractivity contribution >= 4 is 5.91 Å². The van der Waals surface area contributed by atoms with Crippen molar-refractivity contribution in [2.24, 2.45) is 17.6 Å². The van der Waals surface area contributed by atoms with Crippen molar-refractivity contribution in [2.45, 2.75) is 27.2 Å². The summed E-state index contributed by atoms with van der Waals surface area (Å²) in [5.41, 5.74) is 5.46. The Morgan fingerprint density at radius 1 is 1.47 bits per heavy atom. The van der Waals surface area contributed by atoms with Gasteiger partial charge in [0.25, 0.3) is 0 Å². The summed E-state index contributed by atoms with van der Waals surface area (Å²) in [5, 5.41) is 8.51. The van der Waals surface area contributed by atoms with Crippen molar-refractivity contribution in [1.82, 2.24) is 4.90 Å². The van der Waals surface area contributed by atoms with Crippen LogP contribution in [0, 0.1) is 23.2 Å². The zero-order chi connectivity index (χ0) is 11.8. The first-order chi connectivity index (χ1) is 7.02. The molecule has 4 nitrogen and oxygen atoms in total. The van der Waals surface area contributed by atoms with Gasteiger partial charge in [0.2, 0.25) is 5.91 Å². The summed E-state index contributed by atoms with van der Waals surface area (Å²) >= 11 is 0. The van der Waals surface area contributed by atoms with E-state index in [1.165, 1.54) is 0 Å². The monoisotopic (exact) mass is 211 g/mol. The van der Waals surface area contributed by atoms with Crippen LogP contribution in [-0.2, 0) is 4.79 Å². The molecule has 0 saturated heterocycles. The summed E-state index contributed by atoms with van der Waals surface area (Å²) in [4.78, 5) is 13.6. The Hall–Kier alpha value is -1.08. The number of amides is 1. The van der Waals surface area contributed by atoms with E-state index in [9.17, 15) is 4.79 Å². The van der Waals surface area contributed by atoms with Crippen LogP contribution >= 0.6 is 0 Å². The van der Waals surface area contributed by atoms with E-state index in [4.69, 9.17) is 11.0 Å². The van der Waals surface area contributed by atoms with Gasteiger partial charge in [-0.1, -0.05) is 20.8 Å². The van der Waals surface area contributed by atoms with E-state index < -0.39 is 0 Å². The average molecular weight is 211 g/mol. The number of carbonyl (C=O) groups excluding carboxylic acids is 1. The maximum Gasteiger partial charge on any atom is 0.226 e. The third-order valence-electron chi connectivity index (χ3n) is 2.17. The minimum Gasteiger partial charge on any atom is -0.341 e. The maximum absolute atomic E-state index is 11.9. The molecule has 0 fully saturated rings. The van der Waals surface area contributed by atoms with E-state index in [-0.39, 0.29) is 11.8 Å². The van der Waals surface area contributed by atoms with Crippen molar-refractivity contribution in [3.05, 3.63) is 0 Å². The first kappa shape index (κ1) is 13.9. The van der Waals surface area contributed by atoms with Crippen molar-refractivity contribution < 1.29 is 4.79 Å². The van der Waals surface area contributed by atoms with Gasteiger partial charge in [0.15, 0.2) is 0 Å². The average Bonchev–Trinajstić information content (AvgIpc) is 2.21. The number of hydrogen-bond donors (Lipinski definition) is 1. The molecule has 1 unspecified atom stereocenters. The Kier molecular flexibility index (Phi) is 6.72. The van der Waals surface area contributed by atoms with Gasteiger partial charge < -0.3 is 10.6 Å². The van der Waals surface area contributed by atoms with E-state index in [0.717, 1.165) is 0 Å². The van der Waals surface area contributed by atoms with Gasteiger partial charge >= 0.3 is 0 Å². The smallest absolute Gasteiger partial charge is 0.226 e. The Morgan fingerprint density at radius 3 is 2.47 bits per heavy atom. The molecule has 4 heteroatoms. The summed E-state index contributed by atoms with van der Waals surface area (Å²) in [5.74, 6) is 0.321. The lowest BCUT2D eigenvalue weighted by molar-refractivity contribution is -0.135. The molecule has 1 amide bonds. The van der Waals surface area contributed by atoms with E-state index in [1.807, 2.05) is 6.92 Å². The molecule has 0 aliphatic carbocycles. The summed E-state index contributed by atoms with van der Waals surface area (Å²) in [7, 11) is 0. The molecule has 1 atom stereocenters. The van der Waals surface area contributed by atoms with Crippen molar-refractivity contribution in [1.29, 1.82) is 5.26 Å². The second kappa shape index (κ2) is 7.24. The lowest BCUT2D eigenvalue weighted by Gasteiger charge is -2.26. The van der Waals surface area contributed by atoms with Gasteiger partial charge in [0.05, 0.1) is 12.5 Å². The second-order valence-electron chi connectivity index (χ2n) is 4.22. The van der Waals surface area contributed by atoms with Gasteiger partial charge in [-0.2, -0.15) is 5.26 Å². The first-order valence-corrected chi connectivity index (χ1v) is 5.38. The second-order valence-corrected chi connectivity index (χ2v) is 4.22. The standard InChI is InChI=1S/C11H21N3O/c1-9(2)8-14(6-4-5-12)11(15)10(3)7-13/h9-10H,4,6-8,13H2,1-3H3. The summed E-state index contributed by atoms with van der Waals surface area (Å²) in [6, 6.07) is 2.06. The van der Waals surface area contributed by atoms with Gasteiger partial charge in [0, 0.05) is 25.6 Å². The molecule has 0 spiro atoms. The van der Waals surface area contributed by atoms with Crippen LogP contribution in [0.2, 0.25) is 0 Å². The lowest BCUT2D eigenvalue weighted by Crippen LogP contribution is -2.40. The third kappa shape index (κ3) is 5.38. The van der Waals surface area contributed by atoms with Gasteiger partial charge in [-0.25, -0.2) is 0 Å². The largest absolute Gasteiger partial charge is 0.341 e. The molecule has 0 saturated carbocycles. The molecule has 0 aromatic carbocycles. The number of carbonyl (C=O) groups is 1. The first-order valence-electron chi connectivity index (χ1n) is 5.38. The van der Waals surface area contributed by atoms with Crippen LogP contribution in [0.15, 0.2) is 0 Å². The quantitative estimate of drug-likeness (QED) is 0.712. The van der Waals surface area contributed by atoms with E-state index in [1.54, 1.807) is 4.90 Å². The molecule has 2 N–H and O–H groups in total. The highest BCUT2D eigenvalue weighted by Crippen LogP contribution is 2.06. The maximum atomic E-state index is 11.9. The van der Waals surface area contributed by atoms with Crippen LogP contribution in [0.4, 0.5) is 0 Å². The molecule has 0 rings (SSSR count). The van der Waals surface area contributed by atoms with Crippen molar-refractivity contribution in [2.75, 3.05) is 19.6 Å². The van der Waals surface area contributed by atoms with Crippen LogP contribution in [0.5, 0.6) is 0 Å². The zero-order valence-corrected chi connectivity index (χ0v) is 9.86. The molecule has 15 heavy (non-hydrogen) atoms. The Labute approximate surface area is 92.0 Å². The molecule has 0 radical (unpaired) electrons. The molecular formula is C11H21N3O. The van der Waals surface area contributed by atoms with Gasteiger partial charge in [-0.15, -0.1) is 0 Å². The molecular weight excluding hydrogens is 190 g/mol. The van der Waals surface area contributed by atoms with Crippen LogP contribution in [0.3, 0.4) is 0 Å². The topological polar surface area (TPSA) is 70.1 Å². The molecule has 0 aromatic heterocycles. The highest BCUT2D eigenvalue weighted by Gasteiger charge is 2.19. The Bertz CT molecular complexity index is 232. The molecule has 0 aromatic rings. The van der Waals surface area contributed by atoms with Crippen LogP contribution in [0.25, 0.3) is 0 Å². The summed E-state index contributed by atoms with van der Waals surface area (Å²) < 4.78 is 0. The Balaban J connectivity index is 4.34. The van der Waals surface area contributed by atoms with Gasteiger partial charge in [-0.3, -0.25) is 4.79 Å². The fraction of sp³-hybridized carbons (Fsp3) is 0.818. The minimum absolute atomic E-state index is 0.0569. The summed E-state index contributed by atoms with van der Waals surface area (Å²) in [6.07, 6.45) is 0.385. The normalized spacial score (nSPS) is 12.3. The lowest BCUT2D eigenvalue weighted by atomic mass is 10.1. The number of rotatable bonds is 6. The molecule has 0 aliphatic rings. The number of hydrogen-bond acceptors (Lipinski definition) is 3. The van der Waals surface area contributed by atoms with Crippen LogP contribution < -0.4 is 5.73 Å². The molecule has 0 bridgehead atoms. The number of nitriles is 1. The third-order valence-corrected chi connectivity index (χ3v) is 2.17. The highest BCUT2D eigenvalue weighted by molar-refractivity contribution is 5.78. The fourth-order valence-electron chi connectivity index (χ4n) is 1.33.